The van der Waals surface area contributed by atoms with Crippen molar-refractivity contribution in [1.82, 2.24) is 5.32 Å². The molecule has 140 valence electrons. The average Bonchev–Trinajstić information content (AvgIpc) is 2.60. The van der Waals surface area contributed by atoms with E-state index >= 15 is 0 Å². The van der Waals surface area contributed by atoms with E-state index in [0.29, 0.717) is 6.07 Å². The van der Waals surface area contributed by atoms with Crippen molar-refractivity contribution in [2.75, 3.05) is 6.61 Å². The Morgan fingerprint density at radius 3 is 2.38 bits per heavy atom. The number of nitrogens with one attached hydrogen (secondary N) is 1. The quantitative estimate of drug-likeness (QED) is 0.559. The van der Waals surface area contributed by atoms with Crippen LogP contribution in [0.5, 0.6) is 0 Å². The third-order valence-corrected chi connectivity index (χ3v) is 4.06. The molecule has 0 radical (unpaired) electrons. The van der Waals surface area contributed by atoms with Crippen molar-refractivity contribution < 1.29 is 22.7 Å². The Balaban J connectivity index is 2.18. The Kier molecular flexibility index (Phi) is 7.21. The highest BCUT2D eigenvalue weighted by molar-refractivity contribution is 5.70. The van der Waals surface area contributed by atoms with Gasteiger partial charge >= 0.3 is 5.97 Å². The van der Waals surface area contributed by atoms with Crippen LogP contribution in [0.2, 0.25) is 0 Å². The van der Waals surface area contributed by atoms with E-state index < -0.39 is 29.5 Å². The number of rotatable bonds is 8. The predicted octanol–water partition coefficient (Wildman–Crippen LogP) is 4.32. The lowest BCUT2D eigenvalue weighted by Crippen LogP contribution is -2.36. The van der Waals surface area contributed by atoms with Gasteiger partial charge in [0.05, 0.1) is 13.0 Å². The number of benzene rings is 2. The van der Waals surface area contributed by atoms with E-state index in [1.165, 1.54) is 0 Å². The van der Waals surface area contributed by atoms with E-state index in [1.54, 1.807) is 6.92 Å². The van der Waals surface area contributed by atoms with Crippen LogP contribution >= 0.6 is 0 Å². The van der Waals surface area contributed by atoms with E-state index in [0.717, 1.165) is 11.6 Å². The summed E-state index contributed by atoms with van der Waals surface area (Å²) in [6.07, 6.45) is 0.0163. The molecule has 6 heteroatoms. The van der Waals surface area contributed by atoms with Crippen LogP contribution in [0.4, 0.5) is 13.2 Å². The van der Waals surface area contributed by atoms with Gasteiger partial charge in [0.25, 0.3) is 0 Å². The van der Waals surface area contributed by atoms with Crippen LogP contribution in [0, 0.1) is 17.5 Å². The normalized spacial score (nSPS) is 13.3. The summed E-state index contributed by atoms with van der Waals surface area (Å²) in [4.78, 5) is 11.9. The smallest absolute Gasteiger partial charge is 0.307 e. The first-order valence-corrected chi connectivity index (χ1v) is 8.50. The summed E-state index contributed by atoms with van der Waals surface area (Å²) in [5, 5.41) is 3.25. The SMILES string of the molecule is CCOC(=O)C[C@@H](Cc1cc(F)c(F)cc1F)N[C@H](C)c1ccccc1. The van der Waals surface area contributed by atoms with E-state index in [9.17, 15) is 18.0 Å². The first-order chi connectivity index (χ1) is 12.4. The molecule has 2 atom stereocenters. The Labute approximate surface area is 151 Å². The van der Waals surface area contributed by atoms with Gasteiger partial charge in [-0.3, -0.25) is 4.79 Å². The van der Waals surface area contributed by atoms with Crippen LogP contribution in [0.1, 0.15) is 37.4 Å². The zero-order chi connectivity index (χ0) is 19.1. The summed E-state index contributed by atoms with van der Waals surface area (Å²) < 4.78 is 45.6. The van der Waals surface area contributed by atoms with Gasteiger partial charge in [-0.1, -0.05) is 30.3 Å². The van der Waals surface area contributed by atoms with Crippen molar-refractivity contribution in [1.29, 1.82) is 0 Å². The molecule has 0 heterocycles. The number of carbonyl (C=O) groups is 1. The van der Waals surface area contributed by atoms with E-state index in [1.807, 2.05) is 37.3 Å². The number of hydrogen-bond acceptors (Lipinski definition) is 3. The van der Waals surface area contributed by atoms with Crippen LogP contribution in [0.15, 0.2) is 42.5 Å². The highest BCUT2D eigenvalue weighted by atomic mass is 19.2. The molecule has 3 nitrogen and oxygen atoms in total. The lowest BCUT2D eigenvalue weighted by Gasteiger charge is -2.23. The van der Waals surface area contributed by atoms with Crippen LogP contribution in [-0.2, 0) is 16.0 Å². The van der Waals surface area contributed by atoms with Gasteiger partial charge in [-0.05, 0) is 37.5 Å². The molecule has 0 saturated heterocycles. The molecule has 1 N–H and O–H groups in total. The van der Waals surface area contributed by atoms with Crippen LogP contribution < -0.4 is 5.32 Å². The topological polar surface area (TPSA) is 38.3 Å². The molecule has 0 aliphatic carbocycles. The van der Waals surface area contributed by atoms with Crippen LogP contribution in [0.25, 0.3) is 0 Å². The third kappa shape index (κ3) is 5.59. The van der Waals surface area contributed by atoms with Crippen molar-refractivity contribution in [3.63, 3.8) is 0 Å². The minimum atomic E-state index is -1.24. The highest BCUT2D eigenvalue weighted by Crippen LogP contribution is 2.19. The van der Waals surface area contributed by atoms with Gasteiger partial charge in [0.2, 0.25) is 0 Å². The number of ether oxygens (including phenoxy) is 1. The molecule has 2 aromatic rings. The summed E-state index contributed by atoms with van der Waals surface area (Å²) in [5.41, 5.74) is 0.998. The molecule has 0 aliphatic rings. The van der Waals surface area contributed by atoms with Gasteiger partial charge in [0.15, 0.2) is 11.6 Å². The van der Waals surface area contributed by atoms with E-state index in [2.05, 4.69) is 5.32 Å². The summed E-state index contributed by atoms with van der Waals surface area (Å²) in [6.45, 7) is 3.84. The summed E-state index contributed by atoms with van der Waals surface area (Å²) in [5.74, 6) is -3.63. The Morgan fingerprint density at radius 1 is 1.08 bits per heavy atom. The first-order valence-electron chi connectivity index (χ1n) is 8.50. The molecule has 0 amide bonds. The molecule has 2 rings (SSSR count). The molecular formula is C20H22F3NO2. The summed E-state index contributed by atoms with van der Waals surface area (Å²) in [6, 6.07) is 10.3. The fourth-order valence-corrected chi connectivity index (χ4v) is 2.79. The fraction of sp³-hybridized carbons (Fsp3) is 0.350. The first kappa shape index (κ1) is 20.0. The Hall–Kier alpha value is -2.34. The number of halogens is 3. The van der Waals surface area contributed by atoms with Crippen molar-refractivity contribution >= 4 is 5.97 Å². The maximum Gasteiger partial charge on any atom is 0.307 e. The molecular weight excluding hydrogens is 343 g/mol. The Bertz CT molecular complexity index is 737. The molecule has 26 heavy (non-hydrogen) atoms. The molecule has 0 bridgehead atoms. The van der Waals surface area contributed by atoms with E-state index in [4.69, 9.17) is 4.74 Å². The molecule has 0 aliphatic heterocycles. The predicted molar refractivity (Wildman–Crippen MR) is 93.1 cm³/mol. The second-order valence-electron chi connectivity index (χ2n) is 6.07. The monoisotopic (exact) mass is 365 g/mol. The van der Waals surface area contributed by atoms with Crippen molar-refractivity contribution in [3.8, 4) is 0 Å². The van der Waals surface area contributed by atoms with Crippen molar-refractivity contribution in [3.05, 3.63) is 71.0 Å². The zero-order valence-electron chi connectivity index (χ0n) is 14.8. The zero-order valence-corrected chi connectivity index (χ0v) is 14.8. The maximum absolute atomic E-state index is 14.0. The van der Waals surface area contributed by atoms with Crippen molar-refractivity contribution in [2.24, 2.45) is 0 Å². The fourth-order valence-electron chi connectivity index (χ4n) is 2.79. The van der Waals surface area contributed by atoms with Gasteiger partial charge in [-0.25, -0.2) is 13.2 Å². The second-order valence-corrected chi connectivity index (χ2v) is 6.07. The second kappa shape index (κ2) is 9.38. The standard InChI is InChI=1S/C20H22F3NO2/c1-3-26-20(25)11-16(24-13(2)14-7-5-4-6-8-14)9-15-10-18(22)19(23)12-17(15)21/h4-8,10,12-13,16,24H,3,9,11H2,1-2H3/t13-,16-/m1/s1. The largest absolute Gasteiger partial charge is 0.466 e. The van der Waals surface area contributed by atoms with Gasteiger partial charge in [-0.15, -0.1) is 0 Å². The number of esters is 1. The number of hydrogen-bond donors (Lipinski definition) is 1. The summed E-state index contributed by atoms with van der Waals surface area (Å²) in [7, 11) is 0. The molecule has 0 unspecified atom stereocenters. The van der Waals surface area contributed by atoms with Crippen LogP contribution in [-0.4, -0.2) is 18.6 Å². The lowest BCUT2D eigenvalue weighted by atomic mass is 10.00. The van der Waals surface area contributed by atoms with Crippen LogP contribution in [0.3, 0.4) is 0 Å². The lowest BCUT2D eigenvalue weighted by molar-refractivity contribution is -0.143. The summed E-state index contributed by atoms with van der Waals surface area (Å²) >= 11 is 0. The molecule has 0 spiro atoms. The Morgan fingerprint density at radius 2 is 1.73 bits per heavy atom. The van der Waals surface area contributed by atoms with Crippen molar-refractivity contribution in [2.45, 2.75) is 38.8 Å². The number of carbonyl (C=O) groups excluding carboxylic acids is 1. The molecule has 2 aromatic carbocycles. The van der Waals surface area contributed by atoms with Gasteiger partial charge < -0.3 is 10.1 Å². The highest BCUT2D eigenvalue weighted by Gasteiger charge is 2.21. The van der Waals surface area contributed by atoms with Gasteiger partial charge in [0, 0.05) is 18.2 Å². The van der Waals surface area contributed by atoms with Gasteiger partial charge in [0.1, 0.15) is 5.82 Å². The van der Waals surface area contributed by atoms with Gasteiger partial charge in [-0.2, -0.15) is 0 Å². The molecule has 0 saturated carbocycles. The third-order valence-electron chi connectivity index (χ3n) is 4.06. The minimum absolute atomic E-state index is 0.00552. The average molecular weight is 365 g/mol. The maximum atomic E-state index is 14.0. The molecule has 0 aromatic heterocycles. The molecule has 0 fully saturated rings. The van der Waals surface area contributed by atoms with E-state index in [-0.39, 0.29) is 31.1 Å². The minimum Gasteiger partial charge on any atom is -0.466 e.